The van der Waals surface area contributed by atoms with Crippen LogP contribution in [0.2, 0.25) is 0 Å². The van der Waals surface area contributed by atoms with E-state index in [0.29, 0.717) is 25.4 Å². The molecule has 0 bridgehead atoms. The predicted octanol–water partition coefficient (Wildman–Crippen LogP) is 1.45. The Morgan fingerprint density at radius 1 is 1.46 bits per heavy atom. The number of pyridine rings is 1. The van der Waals surface area contributed by atoms with Gasteiger partial charge < -0.3 is 14.7 Å². The number of aliphatic carboxylic acids is 1. The van der Waals surface area contributed by atoms with E-state index in [4.69, 9.17) is 9.84 Å². The first-order valence-corrected chi connectivity index (χ1v) is 8.46. The second-order valence-electron chi connectivity index (χ2n) is 5.49. The maximum absolute atomic E-state index is 12.4. The van der Waals surface area contributed by atoms with Crippen LogP contribution in [0.1, 0.15) is 12.1 Å². The van der Waals surface area contributed by atoms with E-state index in [1.807, 2.05) is 17.5 Å². The number of aromatic nitrogens is 2. The minimum absolute atomic E-state index is 0.0586. The summed E-state index contributed by atoms with van der Waals surface area (Å²) in [6, 6.07) is 3.77. The molecule has 24 heavy (non-hydrogen) atoms. The van der Waals surface area contributed by atoms with Gasteiger partial charge in [-0.1, -0.05) is 0 Å². The molecular formula is C16H17N3O4S. The van der Waals surface area contributed by atoms with Crippen LogP contribution < -0.4 is 0 Å². The molecule has 1 atom stereocenters. The van der Waals surface area contributed by atoms with E-state index in [1.54, 1.807) is 17.3 Å². The fourth-order valence-corrected chi connectivity index (χ4v) is 3.35. The van der Waals surface area contributed by atoms with E-state index in [-0.39, 0.29) is 18.7 Å². The van der Waals surface area contributed by atoms with Crippen molar-refractivity contribution in [3.05, 3.63) is 35.6 Å². The largest absolute Gasteiger partial charge is 0.481 e. The summed E-state index contributed by atoms with van der Waals surface area (Å²) < 4.78 is 5.39. The molecule has 7 nitrogen and oxygen atoms in total. The van der Waals surface area contributed by atoms with E-state index in [2.05, 4.69) is 9.97 Å². The Kier molecular flexibility index (Phi) is 5.17. The smallest absolute Gasteiger partial charge is 0.306 e. The number of carbonyl (C=O) groups is 2. The van der Waals surface area contributed by atoms with Crippen LogP contribution in [0.5, 0.6) is 0 Å². The molecule has 1 fully saturated rings. The van der Waals surface area contributed by atoms with Gasteiger partial charge in [0.1, 0.15) is 5.01 Å². The molecule has 1 amide bonds. The van der Waals surface area contributed by atoms with E-state index in [0.717, 1.165) is 10.6 Å². The van der Waals surface area contributed by atoms with Gasteiger partial charge in [0.05, 0.1) is 31.2 Å². The van der Waals surface area contributed by atoms with Crippen LogP contribution in [-0.4, -0.2) is 57.7 Å². The maximum atomic E-state index is 12.4. The molecule has 0 unspecified atom stereocenters. The monoisotopic (exact) mass is 347 g/mol. The molecule has 1 saturated heterocycles. The van der Waals surface area contributed by atoms with Crippen molar-refractivity contribution in [1.82, 2.24) is 14.9 Å². The van der Waals surface area contributed by atoms with Crippen molar-refractivity contribution in [2.24, 2.45) is 0 Å². The van der Waals surface area contributed by atoms with Crippen LogP contribution in [0.4, 0.5) is 0 Å². The lowest BCUT2D eigenvalue weighted by Gasteiger charge is -2.32. The highest BCUT2D eigenvalue weighted by Crippen LogP contribution is 2.23. The van der Waals surface area contributed by atoms with E-state index >= 15 is 0 Å². The van der Waals surface area contributed by atoms with Crippen molar-refractivity contribution in [2.45, 2.75) is 18.9 Å². The first-order chi connectivity index (χ1) is 11.6. The van der Waals surface area contributed by atoms with E-state index in [9.17, 15) is 9.59 Å². The number of rotatable bonds is 5. The third kappa shape index (κ3) is 4.15. The number of hydrogen-bond acceptors (Lipinski definition) is 6. The molecule has 2 aromatic rings. The van der Waals surface area contributed by atoms with Crippen molar-refractivity contribution < 1.29 is 19.4 Å². The highest BCUT2D eigenvalue weighted by Gasteiger charge is 2.26. The third-order valence-corrected chi connectivity index (χ3v) is 4.63. The summed E-state index contributed by atoms with van der Waals surface area (Å²) in [7, 11) is 0. The molecular weight excluding hydrogens is 330 g/mol. The van der Waals surface area contributed by atoms with Gasteiger partial charge in [0.2, 0.25) is 5.91 Å². The number of carboxylic acid groups (broad SMARTS) is 1. The molecule has 0 aliphatic carbocycles. The van der Waals surface area contributed by atoms with Gasteiger partial charge in [0.15, 0.2) is 0 Å². The minimum atomic E-state index is -0.921. The summed E-state index contributed by atoms with van der Waals surface area (Å²) >= 11 is 1.48. The summed E-state index contributed by atoms with van der Waals surface area (Å²) in [5, 5.41) is 11.5. The van der Waals surface area contributed by atoms with Crippen LogP contribution in [-0.2, 0) is 20.7 Å². The van der Waals surface area contributed by atoms with Gasteiger partial charge in [-0.2, -0.15) is 0 Å². The third-order valence-electron chi connectivity index (χ3n) is 3.69. The zero-order chi connectivity index (χ0) is 16.9. The molecule has 0 spiro atoms. The number of amides is 1. The SMILES string of the molecule is O=C(O)C[C@@H]1CN(C(=O)Cc2csc(-c3cccnc3)n2)CCO1. The molecule has 1 aliphatic heterocycles. The zero-order valence-electron chi connectivity index (χ0n) is 12.9. The lowest BCUT2D eigenvalue weighted by atomic mass is 10.2. The second-order valence-corrected chi connectivity index (χ2v) is 6.35. The second kappa shape index (κ2) is 7.50. The molecule has 0 saturated carbocycles. The molecule has 126 valence electrons. The molecule has 1 N–H and O–H groups in total. The highest BCUT2D eigenvalue weighted by atomic mass is 32.1. The Labute approximate surface area is 142 Å². The van der Waals surface area contributed by atoms with Crippen LogP contribution in [0.15, 0.2) is 29.9 Å². The van der Waals surface area contributed by atoms with Crippen LogP contribution in [0, 0.1) is 0 Å². The van der Waals surface area contributed by atoms with Crippen LogP contribution >= 0.6 is 11.3 Å². The topological polar surface area (TPSA) is 92.6 Å². The zero-order valence-corrected chi connectivity index (χ0v) is 13.7. The van der Waals surface area contributed by atoms with Gasteiger partial charge in [-0.15, -0.1) is 11.3 Å². The number of carboxylic acids is 1. The lowest BCUT2D eigenvalue weighted by Crippen LogP contribution is -2.46. The average molecular weight is 347 g/mol. The van der Waals surface area contributed by atoms with Gasteiger partial charge in [0.25, 0.3) is 0 Å². The minimum Gasteiger partial charge on any atom is -0.481 e. The predicted molar refractivity (Wildman–Crippen MR) is 87.6 cm³/mol. The number of ether oxygens (including phenoxy) is 1. The van der Waals surface area contributed by atoms with Crippen LogP contribution in [0.3, 0.4) is 0 Å². The maximum Gasteiger partial charge on any atom is 0.306 e. The summed E-state index contributed by atoms with van der Waals surface area (Å²) in [4.78, 5) is 33.4. The van der Waals surface area contributed by atoms with Crippen molar-refractivity contribution in [3.63, 3.8) is 0 Å². The highest BCUT2D eigenvalue weighted by molar-refractivity contribution is 7.13. The Hall–Kier alpha value is -2.32. The number of carbonyl (C=O) groups excluding carboxylic acids is 1. The van der Waals surface area contributed by atoms with Crippen LogP contribution in [0.25, 0.3) is 10.6 Å². The van der Waals surface area contributed by atoms with Crippen molar-refractivity contribution in [1.29, 1.82) is 0 Å². The first-order valence-electron chi connectivity index (χ1n) is 7.58. The van der Waals surface area contributed by atoms with E-state index < -0.39 is 12.1 Å². The Bertz CT molecular complexity index is 719. The fraction of sp³-hybridized carbons (Fsp3) is 0.375. The summed E-state index contributed by atoms with van der Waals surface area (Å²) in [5.74, 6) is -0.980. The Balaban J connectivity index is 1.61. The quantitative estimate of drug-likeness (QED) is 0.880. The van der Waals surface area contributed by atoms with E-state index in [1.165, 1.54) is 11.3 Å². The summed E-state index contributed by atoms with van der Waals surface area (Å²) in [6.07, 6.45) is 3.11. The van der Waals surface area contributed by atoms with Gasteiger partial charge in [-0.3, -0.25) is 14.6 Å². The normalized spacial score (nSPS) is 17.7. The average Bonchev–Trinajstić information content (AvgIpc) is 3.04. The molecule has 3 heterocycles. The molecule has 3 rings (SSSR count). The van der Waals surface area contributed by atoms with Gasteiger partial charge >= 0.3 is 5.97 Å². The molecule has 8 heteroatoms. The van der Waals surface area contributed by atoms with Gasteiger partial charge in [-0.05, 0) is 12.1 Å². The number of thiazole rings is 1. The molecule has 0 aromatic carbocycles. The Morgan fingerprint density at radius 3 is 3.08 bits per heavy atom. The van der Waals surface area contributed by atoms with Crippen molar-refractivity contribution >= 4 is 23.2 Å². The number of hydrogen-bond donors (Lipinski definition) is 1. The number of morpholine rings is 1. The molecule has 0 radical (unpaired) electrons. The first kappa shape index (κ1) is 16.5. The summed E-state index contributed by atoms with van der Waals surface area (Å²) in [5.41, 5.74) is 1.64. The summed E-state index contributed by atoms with van der Waals surface area (Å²) in [6.45, 7) is 1.15. The number of nitrogens with zero attached hydrogens (tertiary/aromatic N) is 3. The van der Waals surface area contributed by atoms with Gasteiger partial charge in [-0.25, -0.2) is 4.98 Å². The lowest BCUT2D eigenvalue weighted by molar-refractivity contribution is -0.147. The van der Waals surface area contributed by atoms with Crippen molar-refractivity contribution in [3.8, 4) is 10.6 Å². The van der Waals surface area contributed by atoms with Crippen molar-refractivity contribution in [2.75, 3.05) is 19.7 Å². The molecule has 1 aliphatic rings. The van der Waals surface area contributed by atoms with Gasteiger partial charge in [0, 0.05) is 36.4 Å². The molecule has 2 aromatic heterocycles. The standard InChI is InChI=1S/C16H17N3O4S/c20-14(19-4-5-23-13(9-19)7-15(21)22)6-12-10-24-16(18-12)11-2-1-3-17-8-11/h1-3,8,10,13H,4-7,9H2,(H,21,22)/t13-/m1/s1. The Morgan fingerprint density at radius 2 is 2.33 bits per heavy atom. The fourth-order valence-electron chi connectivity index (χ4n) is 2.54.